The molecule has 0 fully saturated rings. The molecule has 8 heteroatoms. The van der Waals surface area contributed by atoms with Crippen LogP contribution in [0.25, 0.3) is 11.1 Å². The van der Waals surface area contributed by atoms with E-state index in [9.17, 15) is 27.9 Å². The zero-order valence-corrected chi connectivity index (χ0v) is 16.2. The number of ether oxygens (including phenoxy) is 1. The zero-order valence-electron chi connectivity index (χ0n) is 16.2. The van der Waals surface area contributed by atoms with E-state index in [1.54, 1.807) is 32.9 Å². The number of benzene rings is 2. The first-order valence-electron chi connectivity index (χ1n) is 8.84. The van der Waals surface area contributed by atoms with Crippen LogP contribution < -0.4 is 5.32 Å². The van der Waals surface area contributed by atoms with E-state index in [1.165, 1.54) is 30.3 Å². The SMILES string of the molecule is CC(C)(C)OC(=O)NC(Cc1cccc(-c2ccccc2C(F)(F)F)c1)C(=O)O. The van der Waals surface area contributed by atoms with Gasteiger partial charge in [0.25, 0.3) is 0 Å². The summed E-state index contributed by atoms with van der Waals surface area (Å²) >= 11 is 0. The van der Waals surface area contributed by atoms with Crippen molar-refractivity contribution in [2.24, 2.45) is 0 Å². The summed E-state index contributed by atoms with van der Waals surface area (Å²) in [4.78, 5) is 23.4. The summed E-state index contributed by atoms with van der Waals surface area (Å²) in [7, 11) is 0. The Bertz CT molecular complexity index is 888. The van der Waals surface area contributed by atoms with E-state index in [0.717, 1.165) is 6.07 Å². The van der Waals surface area contributed by atoms with Gasteiger partial charge in [0.2, 0.25) is 0 Å². The molecule has 0 radical (unpaired) electrons. The van der Waals surface area contributed by atoms with Crippen LogP contribution >= 0.6 is 0 Å². The van der Waals surface area contributed by atoms with Crippen molar-refractivity contribution in [2.75, 3.05) is 0 Å². The first-order valence-corrected chi connectivity index (χ1v) is 8.84. The molecule has 0 aliphatic carbocycles. The van der Waals surface area contributed by atoms with Crippen LogP contribution in [-0.2, 0) is 22.1 Å². The van der Waals surface area contributed by atoms with Crippen molar-refractivity contribution in [2.45, 2.75) is 45.0 Å². The van der Waals surface area contributed by atoms with Gasteiger partial charge >= 0.3 is 18.2 Å². The zero-order chi connectivity index (χ0) is 21.8. The van der Waals surface area contributed by atoms with Crippen molar-refractivity contribution in [1.29, 1.82) is 0 Å². The summed E-state index contributed by atoms with van der Waals surface area (Å²) < 4.78 is 44.9. The Balaban J connectivity index is 2.27. The lowest BCUT2D eigenvalue weighted by Crippen LogP contribution is -2.44. The molecule has 1 atom stereocenters. The minimum Gasteiger partial charge on any atom is -0.480 e. The molecule has 0 heterocycles. The third kappa shape index (κ3) is 6.51. The van der Waals surface area contributed by atoms with Gasteiger partial charge in [0.05, 0.1) is 5.56 Å². The molecule has 0 aliphatic heterocycles. The molecule has 1 unspecified atom stereocenters. The van der Waals surface area contributed by atoms with E-state index in [-0.39, 0.29) is 12.0 Å². The van der Waals surface area contributed by atoms with E-state index >= 15 is 0 Å². The summed E-state index contributed by atoms with van der Waals surface area (Å²) in [5.41, 5.74) is -0.818. The normalized spacial score (nSPS) is 12.9. The van der Waals surface area contributed by atoms with Gasteiger partial charge in [0.1, 0.15) is 11.6 Å². The minimum absolute atomic E-state index is 0.00572. The van der Waals surface area contributed by atoms with Gasteiger partial charge in [-0.2, -0.15) is 13.2 Å². The van der Waals surface area contributed by atoms with Crippen LogP contribution in [0.3, 0.4) is 0 Å². The molecule has 2 N–H and O–H groups in total. The van der Waals surface area contributed by atoms with Crippen LogP contribution in [0.2, 0.25) is 0 Å². The van der Waals surface area contributed by atoms with Crippen LogP contribution in [0.15, 0.2) is 48.5 Å². The Labute approximate surface area is 166 Å². The van der Waals surface area contributed by atoms with E-state index in [0.29, 0.717) is 11.1 Å². The third-order valence-corrected chi connectivity index (χ3v) is 3.90. The smallest absolute Gasteiger partial charge is 0.417 e. The second kappa shape index (κ2) is 8.55. The van der Waals surface area contributed by atoms with Gasteiger partial charge < -0.3 is 15.2 Å². The summed E-state index contributed by atoms with van der Waals surface area (Å²) in [6, 6.07) is 10.0. The highest BCUT2D eigenvalue weighted by Gasteiger charge is 2.33. The van der Waals surface area contributed by atoms with Crippen LogP contribution in [-0.4, -0.2) is 28.8 Å². The number of alkyl carbamates (subject to hydrolysis) is 1. The summed E-state index contributed by atoms with van der Waals surface area (Å²) in [6.45, 7) is 4.93. The van der Waals surface area contributed by atoms with E-state index in [4.69, 9.17) is 4.74 Å². The fraction of sp³-hybridized carbons (Fsp3) is 0.333. The highest BCUT2D eigenvalue weighted by Crippen LogP contribution is 2.37. The van der Waals surface area contributed by atoms with E-state index in [1.807, 2.05) is 0 Å². The number of rotatable bonds is 5. The molecule has 0 saturated heterocycles. The molecule has 2 aromatic rings. The average molecular weight is 409 g/mol. The number of amides is 1. The van der Waals surface area contributed by atoms with Crippen molar-refractivity contribution >= 4 is 12.1 Å². The number of halogens is 3. The molecule has 0 aliphatic rings. The third-order valence-electron chi connectivity index (χ3n) is 3.90. The van der Waals surface area contributed by atoms with Crippen LogP contribution in [0.4, 0.5) is 18.0 Å². The van der Waals surface area contributed by atoms with Gasteiger partial charge in [-0.05, 0) is 43.5 Å². The maximum atomic E-state index is 13.3. The molecule has 0 bridgehead atoms. The number of carbonyl (C=O) groups excluding carboxylic acids is 1. The molecule has 2 rings (SSSR count). The molecule has 156 valence electrons. The molecule has 29 heavy (non-hydrogen) atoms. The standard InChI is InChI=1S/C21H22F3NO4/c1-20(2,3)29-19(28)25-17(18(26)27)12-13-7-6-8-14(11-13)15-9-4-5-10-16(15)21(22,23)24/h4-11,17H,12H2,1-3H3,(H,25,28)(H,26,27). The lowest BCUT2D eigenvalue weighted by molar-refractivity contribution is -0.139. The van der Waals surface area contributed by atoms with Gasteiger partial charge in [-0.1, -0.05) is 42.5 Å². The van der Waals surface area contributed by atoms with Crippen molar-refractivity contribution in [3.05, 3.63) is 59.7 Å². The number of hydrogen-bond acceptors (Lipinski definition) is 3. The summed E-state index contributed by atoms with van der Waals surface area (Å²) in [6.07, 6.45) is -5.52. The number of aliphatic carboxylic acids is 1. The number of carboxylic acids is 1. The monoisotopic (exact) mass is 409 g/mol. The Kier molecular flexibility index (Phi) is 6.56. The Morgan fingerprint density at radius 2 is 1.72 bits per heavy atom. The van der Waals surface area contributed by atoms with Crippen molar-refractivity contribution in [1.82, 2.24) is 5.32 Å². The maximum Gasteiger partial charge on any atom is 0.417 e. The van der Waals surface area contributed by atoms with Gasteiger partial charge in [0.15, 0.2) is 0 Å². The summed E-state index contributed by atoms with van der Waals surface area (Å²) in [5, 5.41) is 11.7. The Hall–Kier alpha value is -3.03. The van der Waals surface area contributed by atoms with Crippen LogP contribution in [0.5, 0.6) is 0 Å². The molecular formula is C21H22F3NO4. The van der Waals surface area contributed by atoms with Crippen LogP contribution in [0.1, 0.15) is 31.9 Å². The van der Waals surface area contributed by atoms with E-state index in [2.05, 4.69) is 5.32 Å². The number of carboxylic acid groups (broad SMARTS) is 1. The second-order valence-electron chi connectivity index (χ2n) is 7.48. The maximum absolute atomic E-state index is 13.3. The molecule has 5 nitrogen and oxygen atoms in total. The highest BCUT2D eigenvalue weighted by atomic mass is 19.4. The van der Waals surface area contributed by atoms with Gasteiger partial charge in [-0.15, -0.1) is 0 Å². The lowest BCUT2D eigenvalue weighted by Gasteiger charge is -2.22. The van der Waals surface area contributed by atoms with Crippen molar-refractivity contribution < 1.29 is 32.6 Å². The number of carbonyl (C=O) groups is 2. The van der Waals surface area contributed by atoms with E-state index < -0.39 is 35.4 Å². The Morgan fingerprint density at radius 1 is 1.07 bits per heavy atom. The fourth-order valence-corrected chi connectivity index (χ4v) is 2.73. The minimum atomic E-state index is -4.52. The largest absolute Gasteiger partial charge is 0.480 e. The van der Waals surface area contributed by atoms with Gasteiger partial charge in [-0.3, -0.25) is 0 Å². The Morgan fingerprint density at radius 3 is 2.31 bits per heavy atom. The number of nitrogens with one attached hydrogen (secondary N) is 1. The molecule has 0 saturated carbocycles. The predicted molar refractivity (Wildman–Crippen MR) is 101 cm³/mol. The number of hydrogen-bond donors (Lipinski definition) is 2. The van der Waals surface area contributed by atoms with Crippen LogP contribution in [0, 0.1) is 0 Å². The summed E-state index contributed by atoms with van der Waals surface area (Å²) in [5.74, 6) is -1.28. The first kappa shape index (κ1) is 22.3. The average Bonchev–Trinajstić information content (AvgIpc) is 2.59. The van der Waals surface area contributed by atoms with Gasteiger partial charge in [0, 0.05) is 6.42 Å². The van der Waals surface area contributed by atoms with Crippen molar-refractivity contribution in [3.63, 3.8) is 0 Å². The lowest BCUT2D eigenvalue weighted by atomic mass is 9.96. The molecule has 1 amide bonds. The molecule has 0 aromatic heterocycles. The quantitative estimate of drug-likeness (QED) is 0.737. The topological polar surface area (TPSA) is 75.6 Å². The molecule has 0 spiro atoms. The highest BCUT2D eigenvalue weighted by molar-refractivity contribution is 5.80. The fourth-order valence-electron chi connectivity index (χ4n) is 2.73. The van der Waals surface area contributed by atoms with Crippen molar-refractivity contribution in [3.8, 4) is 11.1 Å². The predicted octanol–water partition coefficient (Wildman–Crippen LogP) is 4.89. The number of alkyl halides is 3. The first-order chi connectivity index (χ1) is 13.4. The molecular weight excluding hydrogens is 387 g/mol. The second-order valence-corrected chi connectivity index (χ2v) is 7.48. The molecule has 2 aromatic carbocycles. The van der Waals surface area contributed by atoms with Gasteiger partial charge in [-0.25, -0.2) is 9.59 Å².